The maximum Gasteiger partial charge on any atom is 0.110 e. The van der Waals surface area contributed by atoms with Crippen molar-refractivity contribution in [1.29, 1.82) is 0 Å². The Morgan fingerprint density at radius 1 is 1.33 bits per heavy atom. The molecule has 21 heavy (non-hydrogen) atoms. The topological polar surface area (TPSA) is 37.0 Å². The lowest BCUT2D eigenvalue weighted by Crippen LogP contribution is -2.25. The maximum absolute atomic E-state index is 4.77. The fraction of sp³-hybridized carbons (Fsp3) is 0.438. The number of anilines is 1. The Morgan fingerprint density at radius 3 is 3.05 bits per heavy atom. The summed E-state index contributed by atoms with van der Waals surface area (Å²) >= 11 is 5.37. The Labute approximate surface area is 138 Å². The predicted octanol–water partition coefficient (Wildman–Crippen LogP) is 4.16. The molecule has 0 aliphatic heterocycles. The van der Waals surface area contributed by atoms with Crippen LogP contribution < -0.4 is 10.6 Å². The highest BCUT2D eigenvalue weighted by molar-refractivity contribution is 9.10. The molecule has 0 fully saturated rings. The van der Waals surface area contributed by atoms with Crippen molar-refractivity contribution in [3.05, 3.63) is 44.3 Å². The molecule has 1 aliphatic carbocycles. The first kappa shape index (κ1) is 15.0. The monoisotopic (exact) mass is 365 g/mol. The highest BCUT2D eigenvalue weighted by atomic mass is 79.9. The van der Waals surface area contributed by atoms with Crippen molar-refractivity contribution in [2.45, 2.75) is 32.2 Å². The summed E-state index contributed by atoms with van der Waals surface area (Å²) in [6.45, 7) is 4.04. The van der Waals surface area contributed by atoms with E-state index < -0.39 is 0 Å². The number of benzene rings is 1. The van der Waals surface area contributed by atoms with Gasteiger partial charge in [-0.05, 0) is 44.4 Å². The van der Waals surface area contributed by atoms with Crippen LogP contribution in [0.15, 0.2) is 28.7 Å². The molecule has 0 saturated heterocycles. The van der Waals surface area contributed by atoms with Crippen molar-refractivity contribution in [3.63, 3.8) is 0 Å². The average Bonchev–Trinajstić information content (AvgIpc) is 3.04. The Bertz CT molecular complexity index is 590. The van der Waals surface area contributed by atoms with E-state index in [-0.39, 0.29) is 0 Å². The molecule has 2 N–H and O–H groups in total. The molecule has 0 bridgehead atoms. The van der Waals surface area contributed by atoms with E-state index >= 15 is 0 Å². The lowest BCUT2D eigenvalue weighted by molar-refractivity contribution is 0.583. The Hall–Kier alpha value is -0.910. The van der Waals surface area contributed by atoms with Gasteiger partial charge < -0.3 is 10.6 Å². The quantitative estimate of drug-likeness (QED) is 0.754. The van der Waals surface area contributed by atoms with E-state index in [4.69, 9.17) is 4.98 Å². The molecule has 1 aliphatic rings. The van der Waals surface area contributed by atoms with Crippen molar-refractivity contribution in [2.24, 2.45) is 0 Å². The molecule has 1 unspecified atom stereocenters. The number of aromatic nitrogens is 1. The van der Waals surface area contributed by atoms with Crippen LogP contribution in [0.4, 0.5) is 5.69 Å². The molecule has 1 aromatic carbocycles. The highest BCUT2D eigenvalue weighted by Gasteiger charge is 2.19. The summed E-state index contributed by atoms with van der Waals surface area (Å²) in [7, 11) is 0. The number of fused-ring (bicyclic) bond motifs is 1. The molecule has 1 aromatic heterocycles. The zero-order valence-corrected chi connectivity index (χ0v) is 14.6. The van der Waals surface area contributed by atoms with Crippen LogP contribution in [0.3, 0.4) is 0 Å². The summed E-state index contributed by atoms with van der Waals surface area (Å²) in [5, 5.41) is 8.21. The van der Waals surface area contributed by atoms with Gasteiger partial charge in [0, 0.05) is 28.1 Å². The molecular weight excluding hydrogens is 346 g/mol. The molecule has 0 spiro atoms. The third-order valence-corrected chi connectivity index (χ3v) is 5.55. The van der Waals surface area contributed by atoms with Gasteiger partial charge in [0.2, 0.25) is 0 Å². The van der Waals surface area contributed by atoms with Crippen LogP contribution in [-0.2, 0) is 12.8 Å². The minimum absolute atomic E-state index is 0.338. The van der Waals surface area contributed by atoms with Crippen LogP contribution in [-0.4, -0.2) is 18.1 Å². The van der Waals surface area contributed by atoms with Gasteiger partial charge in [-0.2, -0.15) is 0 Å². The first-order valence-corrected chi connectivity index (χ1v) is 9.04. The van der Waals surface area contributed by atoms with Gasteiger partial charge in [0.25, 0.3) is 0 Å². The summed E-state index contributed by atoms with van der Waals surface area (Å²) in [4.78, 5) is 6.27. The molecule has 0 radical (unpaired) electrons. The molecule has 3 rings (SSSR count). The van der Waals surface area contributed by atoms with Crippen LogP contribution in [0.1, 0.15) is 35.0 Å². The number of nitrogens with zero attached hydrogens (tertiary/aromatic N) is 1. The zero-order valence-electron chi connectivity index (χ0n) is 12.2. The molecule has 0 amide bonds. The van der Waals surface area contributed by atoms with Crippen molar-refractivity contribution in [2.75, 3.05) is 18.4 Å². The van der Waals surface area contributed by atoms with E-state index in [0.717, 1.165) is 23.2 Å². The molecule has 2 aromatic rings. The predicted molar refractivity (Wildman–Crippen MR) is 93.2 cm³/mol. The van der Waals surface area contributed by atoms with Crippen LogP contribution in [0.2, 0.25) is 0 Å². The number of thiazole rings is 1. The van der Waals surface area contributed by atoms with E-state index in [1.807, 2.05) is 23.5 Å². The number of hydrogen-bond donors (Lipinski definition) is 2. The van der Waals surface area contributed by atoms with Gasteiger partial charge in [-0.1, -0.05) is 22.0 Å². The van der Waals surface area contributed by atoms with Crippen LogP contribution in [0.5, 0.6) is 0 Å². The standard InChI is InChI=1S/C16H20BrN3S/c1-11(16-20-14-6-3-7-15(14)21-16)18-8-9-19-13-5-2-4-12(17)10-13/h2,4-5,10-11,18-19H,3,6-9H2,1H3. The van der Waals surface area contributed by atoms with Gasteiger partial charge in [-0.15, -0.1) is 11.3 Å². The van der Waals surface area contributed by atoms with Crippen LogP contribution in [0.25, 0.3) is 0 Å². The SMILES string of the molecule is CC(NCCNc1cccc(Br)c1)c1nc2c(s1)CCC2. The molecule has 5 heteroatoms. The fourth-order valence-electron chi connectivity index (χ4n) is 2.58. The van der Waals surface area contributed by atoms with E-state index in [2.05, 4.69) is 45.6 Å². The second kappa shape index (κ2) is 6.90. The molecule has 1 atom stereocenters. The van der Waals surface area contributed by atoms with E-state index in [9.17, 15) is 0 Å². The Balaban J connectivity index is 1.44. The largest absolute Gasteiger partial charge is 0.384 e. The normalized spacial score (nSPS) is 15.0. The Morgan fingerprint density at radius 2 is 2.24 bits per heavy atom. The summed E-state index contributed by atoms with van der Waals surface area (Å²) in [5.41, 5.74) is 2.49. The van der Waals surface area contributed by atoms with Gasteiger partial charge in [0.05, 0.1) is 11.7 Å². The minimum Gasteiger partial charge on any atom is -0.384 e. The first-order chi connectivity index (χ1) is 10.2. The fourth-order valence-corrected chi connectivity index (χ4v) is 4.16. The van der Waals surface area contributed by atoms with Crippen molar-refractivity contribution >= 4 is 33.0 Å². The number of halogens is 1. The smallest absolute Gasteiger partial charge is 0.110 e. The molecule has 1 heterocycles. The molecule has 3 nitrogen and oxygen atoms in total. The summed E-state index contributed by atoms with van der Waals surface area (Å²) in [6.07, 6.45) is 3.68. The third kappa shape index (κ3) is 3.84. The number of nitrogens with one attached hydrogen (secondary N) is 2. The highest BCUT2D eigenvalue weighted by Crippen LogP contribution is 2.30. The lowest BCUT2D eigenvalue weighted by Gasteiger charge is -2.12. The lowest BCUT2D eigenvalue weighted by atomic mass is 10.3. The number of hydrogen-bond acceptors (Lipinski definition) is 4. The zero-order chi connectivity index (χ0) is 14.7. The van der Waals surface area contributed by atoms with Gasteiger partial charge in [0.1, 0.15) is 5.01 Å². The number of aryl methyl sites for hydroxylation is 2. The number of rotatable bonds is 6. The van der Waals surface area contributed by atoms with Crippen molar-refractivity contribution in [3.8, 4) is 0 Å². The van der Waals surface area contributed by atoms with Crippen LogP contribution in [0, 0.1) is 0 Å². The first-order valence-electron chi connectivity index (χ1n) is 7.43. The molecule has 0 saturated carbocycles. The third-order valence-electron chi connectivity index (χ3n) is 3.71. The average molecular weight is 366 g/mol. The van der Waals surface area contributed by atoms with Crippen LogP contribution >= 0.6 is 27.3 Å². The van der Waals surface area contributed by atoms with Crippen molar-refractivity contribution < 1.29 is 0 Å². The summed E-state index contributed by atoms with van der Waals surface area (Å²) in [6, 6.07) is 8.59. The van der Waals surface area contributed by atoms with Gasteiger partial charge >= 0.3 is 0 Å². The summed E-state index contributed by atoms with van der Waals surface area (Å²) in [5.74, 6) is 0. The summed E-state index contributed by atoms with van der Waals surface area (Å²) < 4.78 is 1.10. The van der Waals surface area contributed by atoms with E-state index in [1.54, 1.807) is 0 Å². The minimum atomic E-state index is 0.338. The van der Waals surface area contributed by atoms with Crippen molar-refractivity contribution in [1.82, 2.24) is 10.3 Å². The van der Waals surface area contributed by atoms with Gasteiger partial charge in [0.15, 0.2) is 0 Å². The molecular formula is C16H20BrN3S. The van der Waals surface area contributed by atoms with E-state index in [0.29, 0.717) is 6.04 Å². The maximum atomic E-state index is 4.77. The second-order valence-corrected chi connectivity index (χ2v) is 7.42. The van der Waals surface area contributed by atoms with E-state index in [1.165, 1.54) is 34.8 Å². The second-order valence-electron chi connectivity index (χ2n) is 5.39. The van der Waals surface area contributed by atoms with Gasteiger partial charge in [-0.3, -0.25) is 0 Å². The van der Waals surface area contributed by atoms with Gasteiger partial charge in [-0.25, -0.2) is 4.98 Å². The molecule has 112 valence electrons. The Kier molecular flexibility index (Phi) is 4.93.